The fourth-order valence-corrected chi connectivity index (χ4v) is 1.88. The highest BCUT2D eigenvalue weighted by Gasteiger charge is 2.12. The van der Waals surface area contributed by atoms with Crippen LogP contribution in [-0.4, -0.2) is 4.57 Å². The predicted molar refractivity (Wildman–Crippen MR) is 68.8 cm³/mol. The van der Waals surface area contributed by atoms with Crippen LogP contribution >= 0.6 is 0 Å². The maximum Gasteiger partial charge on any atom is 0.255 e. The van der Waals surface area contributed by atoms with Crippen LogP contribution < -0.4 is 11.3 Å². The second kappa shape index (κ2) is 4.97. The Morgan fingerprint density at radius 2 is 1.88 bits per heavy atom. The van der Waals surface area contributed by atoms with Crippen molar-refractivity contribution in [2.45, 2.75) is 19.5 Å². The molecule has 1 unspecified atom stereocenters. The molecule has 88 valence electrons. The first-order valence-electron chi connectivity index (χ1n) is 5.74. The van der Waals surface area contributed by atoms with E-state index < -0.39 is 0 Å². The summed E-state index contributed by atoms with van der Waals surface area (Å²) >= 11 is 0. The third kappa shape index (κ3) is 2.29. The lowest BCUT2D eigenvalue weighted by molar-refractivity contribution is 0.701. The van der Waals surface area contributed by atoms with Gasteiger partial charge >= 0.3 is 0 Å². The van der Waals surface area contributed by atoms with E-state index in [1.54, 1.807) is 16.8 Å². The Hall–Kier alpha value is -1.87. The Bertz CT molecular complexity index is 546. The number of aryl methyl sites for hydroxylation is 1. The minimum absolute atomic E-state index is 0.00801. The molecule has 0 saturated heterocycles. The van der Waals surface area contributed by atoms with Crippen molar-refractivity contribution in [2.24, 2.45) is 5.73 Å². The monoisotopic (exact) mass is 228 g/mol. The molecule has 0 fully saturated rings. The normalized spacial score (nSPS) is 12.4. The van der Waals surface area contributed by atoms with Crippen molar-refractivity contribution in [3.8, 4) is 0 Å². The average molecular weight is 228 g/mol. The first-order chi connectivity index (χ1) is 8.24. The molecule has 17 heavy (non-hydrogen) atoms. The van der Waals surface area contributed by atoms with E-state index in [4.69, 9.17) is 5.73 Å². The molecule has 0 aliphatic carbocycles. The molecule has 2 N–H and O–H groups in total. The maximum atomic E-state index is 12.1. The quantitative estimate of drug-likeness (QED) is 0.872. The lowest BCUT2D eigenvalue weighted by atomic mass is 10.0. The van der Waals surface area contributed by atoms with Crippen LogP contribution in [0.15, 0.2) is 53.5 Å². The number of rotatable bonds is 3. The van der Waals surface area contributed by atoms with Gasteiger partial charge in [-0.15, -0.1) is 0 Å². The number of nitrogens with zero attached hydrogens (tertiary/aromatic N) is 1. The highest BCUT2D eigenvalue weighted by Crippen LogP contribution is 2.15. The molecule has 3 heteroatoms. The SMILES string of the molecule is CCn1cccc(C(N)c2ccccc2)c1=O. The van der Waals surface area contributed by atoms with Crippen LogP contribution in [0.1, 0.15) is 24.1 Å². The van der Waals surface area contributed by atoms with Gasteiger partial charge in [-0.2, -0.15) is 0 Å². The van der Waals surface area contributed by atoms with Gasteiger partial charge in [0.05, 0.1) is 6.04 Å². The van der Waals surface area contributed by atoms with E-state index in [0.717, 1.165) is 5.56 Å². The van der Waals surface area contributed by atoms with Gasteiger partial charge in [0.1, 0.15) is 0 Å². The zero-order valence-electron chi connectivity index (χ0n) is 9.84. The zero-order chi connectivity index (χ0) is 12.3. The van der Waals surface area contributed by atoms with E-state index in [1.807, 2.05) is 43.3 Å². The Morgan fingerprint density at radius 3 is 2.53 bits per heavy atom. The van der Waals surface area contributed by atoms with Crippen molar-refractivity contribution in [3.63, 3.8) is 0 Å². The molecule has 0 aliphatic heterocycles. The molecule has 1 aromatic heterocycles. The standard InChI is InChI=1S/C14H16N2O/c1-2-16-10-6-9-12(14(16)17)13(15)11-7-4-3-5-8-11/h3-10,13H,2,15H2,1H3. The number of hydrogen-bond donors (Lipinski definition) is 1. The Balaban J connectivity index is 2.45. The molecule has 0 spiro atoms. The number of benzene rings is 1. The third-order valence-electron chi connectivity index (χ3n) is 2.88. The van der Waals surface area contributed by atoms with Crippen LogP contribution in [0.5, 0.6) is 0 Å². The van der Waals surface area contributed by atoms with Gasteiger partial charge < -0.3 is 10.3 Å². The first kappa shape index (κ1) is 11.6. The average Bonchev–Trinajstić information content (AvgIpc) is 2.39. The Morgan fingerprint density at radius 1 is 1.18 bits per heavy atom. The van der Waals surface area contributed by atoms with Crippen LogP contribution in [0.2, 0.25) is 0 Å². The van der Waals surface area contributed by atoms with Gasteiger partial charge in [0.2, 0.25) is 0 Å². The summed E-state index contributed by atoms with van der Waals surface area (Å²) in [5.41, 5.74) is 7.72. The lowest BCUT2D eigenvalue weighted by Crippen LogP contribution is -2.27. The molecule has 1 atom stereocenters. The van der Waals surface area contributed by atoms with Crippen molar-refractivity contribution in [1.29, 1.82) is 0 Å². The Kier molecular flexibility index (Phi) is 3.40. The smallest absolute Gasteiger partial charge is 0.255 e. The molecule has 0 radical (unpaired) electrons. The molecule has 0 bridgehead atoms. The summed E-state index contributed by atoms with van der Waals surface area (Å²) in [6, 6.07) is 13.0. The highest BCUT2D eigenvalue weighted by molar-refractivity contribution is 5.29. The van der Waals surface area contributed by atoms with Crippen LogP contribution in [0, 0.1) is 0 Å². The van der Waals surface area contributed by atoms with Gasteiger partial charge in [-0.3, -0.25) is 4.79 Å². The van der Waals surface area contributed by atoms with E-state index in [1.165, 1.54) is 0 Å². The summed E-state index contributed by atoms with van der Waals surface area (Å²) in [5.74, 6) is 0. The van der Waals surface area contributed by atoms with E-state index >= 15 is 0 Å². The molecule has 2 rings (SSSR count). The van der Waals surface area contributed by atoms with Gasteiger partial charge in [-0.1, -0.05) is 36.4 Å². The summed E-state index contributed by atoms with van der Waals surface area (Å²) in [4.78, 5) is 12.1. The van der Waals surface area contributed by atoms with Gasteiger partial charge in [0, 0.05) is 18.3 Å². The zero-order valence-corrected chi connectivity index (χ0v) is 9.84. The van der Waals surface area contributed by atoms with Crippen molar-refractivity contribution in [3.05, 3.63) is 70.1 Å². The fourth-order valence-electron chi connectivity index (χ4n) is 1.88. The predicted octanol–water partition coefficient (Wildman–Crippen LogP) is 1.92. The van der Waals surface area contributed by atoms with Gasteiger partial charge in [-0.05, 0) is 18.6 Å². The highest BCUT2D eigenvalue weighted by atomic mass is 16.1. The van der Waals surface area contributed by atoms with Gasteiger partial charge in [-0.25, -0.2) is 0 Å². The summed E-state index contributed by atoms with van der Waals surface area (Å²) in [6.45, 7) is 2.60. The van der Waals surface area contributed by atoms with Gasteiger partial charge in [0.15, 0.2) is 0 Å². The van der Waals surface area contributed by atoms with Gasteiger partial charge in [0.25, 0.3) is 5.56 Å². The molecular formula is C14H16N2O. The van der Waals surface area contributed by atoms with Crippen LogP contribution in [0.25, 0.3) is 0 Å². The van der Waals surface area contributed by atoms with E-state index in [0.29, 0.717) is 12.1 Å². The van der Waals surface area contributed by atoms with Crippen molar-refractivity contribution in [2.75, 3.05) is 0 Å². The molecule has 1 heterocycles. The molecule has 2 aromatic rings. The molecule has 0 amide bonds. The summed E-state index contributed by atoms with van der Waals surface area (Å²) in [7, 11) is 0. The topological polar surface area (TPSA) is 48.0 Å². The second-order valence-electron chi connectivity index (χ2n) is 3.94. The van der Waals surface area contributed by atoms with Crippen molar-refractivity contribution in [1.82, 2.24) is 4.57 Å². The van der Waals surface area contributed by atoms with Crippen LogP contribution in [0.4, 0.5) is 0 Å². The largest absolute Gasteiger partial charge is 0.320 e. The molecule has 1 aromatic carbocycles. The van der Waals surface area contributed by atoms with E-state index in [-0.39, 0.29) is 11.6 Å². The second-order valence-corrected chi connectivity index (χ2v) is 3.94. The van der Waals surface area contributed by atoms with E-state index in [9.17, 15) is 4.79 Å². The molecular weight excluding hydrogens is 212 g/mol. The fraction of sp³-hybridized carbons (Fsp3) is 0.214. The number of pyridine rings is 1. The summed E-state index contributed by atoms with van der Waals surface area (Å²) < 4.78 is 1.66. The number of nitrogens with two attached hydrogens (primary N) is 1. The summed E-state index contributed by atoms with van der Waals surface area (Å²) in [5, 5.41) is 0. The van der Waals surface area contributed by atoms with Crippen LogP contribution in [0.3, 0.4) is 0 Å². The van der Waals surface area contributed by atoms with Crippen molar-refractivity contribution < 1.29 is 0 Å². The minimum atomic E-state index is -0.359. The first-order valence-corrected chi connectivity index (χ1v) is 5.74. The molecule has 0 saturated carbocycles. The third-order valence-corrected chi connectivity index (χ3v) is 2.88. The number of hydrogen-bond acceptors (Lipinski definition) is 2. The van der Waals surface area contributed by atoms with Crippen molar-refractivity contribution >= 4 is 0 Å². The minimum Gasteiger partial charge on any atom is -0.320 e. The summed E-state index contributed by atoms with van der Waals surface area (Å²) in [6.07, 6.45) is 1.78. The molecule has 3 nitrogen and oxygen atoms in total. The molecule has 0 aliphatic rings. The Labute approximate surface area is 101 Å². The van der Waals surface area contributed by atoms with E-state index in [2.05, 4.69) is 0 Å². The maximum absolute atomic E-state index is 12.1. The number of aromatic nitrogens is 1. The lowest BCUT2D eigenvalue weighted by Gasteiger charge is -2.13. The van der Waals surface area contributed by atoms with Crippen LogP contribution in [-0.2, 0) is 6.54 Å².